The monoisotopic (exact) mass is 342 g/mol. The van der Waals surface area contributed by atoms with Crippen molar-refractivity contribution < 1.29 is 5.11 Å². The standard InChI is InChI=1S/C18H18N2OS2/c1-11-3-6-17(15(9-11)18-22-7-8-23-18)20-12(2)14-10-13(21)4-5-16(14)19-20/h3-6,9-10,18,21H,7-8H2,1-2H3. The molecule has 0 atom stereocenters. The molecule has 1 aliphatic heterocycles. The number of nitrogens with zero attached hydrogens (tertiary/aromatic N) is 2. The molecule has 23 heavy (non-hydrogen) atoms. The highest BCUT2D eigenvalue weighted by molar-refractivity contribution is 8.19. The summed E-state index contributed by atoms with van der Waals surface area (Å²) >= 11 is 4.02. The fraction of sp³-hybridized carbons (Fsp3) is 0.278. The lowest BCUT2D eigenvalue weighted by Gasteiger charge is -2.16. The molecule has 1 saturated heterocycles. The number of phenolic OH excluding ortho intramolecular Hbond substituents is 1. The molecular weight excluding hydrogens is 324 g/mol. The molecular formula is C18H18N2OS2. The molecule has 0 aliphatic carbocycles. The van der Waals surface area contributed by atoms with Crippen molar-refractivity contribution in [3.05, 3.63) is 53.2 Å². The fourth-order valence-electron chi connectivity index (χ4n) is 3.03. The molecule has 0 radical (unpaired) electrons. The van der Waals surface area contributed by atoms with Gasteiger partial charge >= 0.3 is 0 Å². The Bertz CT molecular complexity index is 882. The number of rotatable bonds is 2. The molecule has 3 aromatic rings. The number of fused-ring (bicyclic) bond motifs is 1. The number of phenols is 1. The number of aromatic nitrogens is 2. The van der Waals surface area contributed by atoms with Crippen LogP contribution in [0.25, 0.3) is 16.6 Å². The molecule has 0 bridgehead atoms. The summed E-state index contributed by atoms with van der Waals surface area (Å²) in [4.78, 5) is 0. The van der Waals surface area contributed by atoms with E-state index in [1.165, 1.54) is 22.6 Å². The third-order valence-electron chi connectivity index (χ3n) is 4.18. The molecule has 3 nitrogen and oxygen atoms in total. The number of aryl methyl sites for hydroxylation is 2. The van der Waals surface area contributed by atoms with Gasteiger partial charge < -0.3 is 5.11 Å². The number of hydrogen-bond acceptors (Lipinski definition) is 4. The van der Waals surface area contributed by atoms with Gasteiger partial charge in [-0.25, -0.2) is 4.68 Å². The van der Waals surface area contributed by atoms with Gasteiger partial charge in [-0.15, -0.1) is 23.5 Å². The van der Waals surface area contributed by atoms with Gasteiger partial charge in [0.15, 0.2) is 0 Å². The van der Waals surface area contributed by atoms with Crippen LogP contribution in [0.2, 0.25) is 0 Å². The third kappa shape index (κ3) is 2.62. The van der Waals surface area contributed by atoms with Crippen molar-refractivity contribution in [1.82, 2.24) is 9.78 Å². The smallest absolute Gasteiger partial charge is 0.116 e. The topological polar surface area (TPSA) is 38.0 Å². The van der Waals surface area contributed by atoms with Gasteiger partial charge in [-0.3, -0.25) is 0 Å². The lowest BCUT2D eigenvalue weighted by Crippen LogP contribution is -2.04. The van der Waals surface area contributed by atoms with E-state index in [1.807, 2.05) is 34.3 Å². The fourth-order valence-corrected chi connectivity index (χ4v) is 5.92. The van der Waals surface area contributed by atoms with E-state index < -0.39 is 0 Å². The molecule has 0 saturated carbocycles. The second-order valence-electron chi connectivity index (χ2n) is 5.83. The molecule has 0 spiro atoms. The molecule has 118 valence electrons. The number of hydrogen-bond donors (Lipinski definition) is 1. The van der Waals surface area contributed by atoms with E-state index in [4.69, 9.17) is 5.10 Å². The lowest BCUT2D eigenvalue weighted by atomic mass is 10.1. The van der Waals surface area contributed by atoms with Gasteiger partial charge in [-0.05, 0) is 38.1 Å². The predicted molar refractivity (Wildman–Crippen MR) is 99.9 cm³/mol. The SMILES string of the molecule is Cc1ccc(-n2nc3ccc(O)cc3c2C)c(C2SCCS2)c1. The van der Waals surface area contributed by atoms with Crippen molar-refractivity contribution in [3.8, 4) is 11.4 Å². The minimum absolute atomic E-state index is 0.284. The number of thioether (sulfide) groups is 2. The maximum absolute atomic E-state index is 9.75. The van der Waals surface area contributed by atoms with Crippen LogP contribution in [0.15, 0.2) is 36.4 Å². The first-order chi connectivity index (χ1) is 11.1. The molecule has 5 heteroatoms. The minimum Gasteiger partial charge on any atom is -0.508 e. The van der Waals surface area contributed by atoms with Crippen LogP contribution in [0, 0.1) is 13.8 Å². The van der Waals surface area contributed by atoms with Gasteiger partial charge in [0, 0.05) is 28.1 Å². The Kier molecular flexibility index (Phi) is 3.77. The highest BCUT2D eigenvalue weighted by Crippen LogP contribution is 2.47. The summed E-state index contributed by atoms with van der Waals surface area (Å²) in [5.74, 6) is 2.69. The summed E-state index contributed by atoms with van der Waals surface area (Å²) in [6.45, 7) is 4.20. The second-order valence-corrected chi connectivity index (χ2v) is 8.56. The normalized spacial score (nSPS) is 15.6. The summed E-state index contributed by atoms with van der Waals surface area (Å²) in [6.07, 6.45) is 0. The Hall–Kier alpha value is -1.59. The Balaban J connectivity index is 1.92. The molecule has 1 aromatic heterocycles. The van der Waals surface area contributed by atoms with Crippen molar-refractivity contribution >= 4 is 34.4 Å². The Morgan fingerprint density at radius 3 is 2.65 bits per heavy atom. The second kappa shape index (κ2) is 5.80. The van der Waals surface area contributed by atoms with Crippen LogP contribution in [0.1, 0.15) is 21.4 Å². The van der Waals surface area contributed by atoms with Crippen molar-refractivity contribution in [2.75, 3.05) is 11.5 Å². The predicted octanol–water partition coefficient (Wildman–Crippen LogP) is 4.83. The Morgan fingerprint density at radius 1 is 1.09 bits per heavy atom. The molecule has 2 heterocycles. The van der Waals surface area contributed by atoms with Crippen LogP contribution in [0.4, 0.5) is 0 Å². The first-order valence-corrected chi connectivity index (χ1v) is 9.76. The molecule has 4 rings (SSSR count). The zero-order valence-electron chi connectivity index (χ0n) is 13.1. The molecule has 0 amide bonds. The van der Waals surface area contributed by atoms with Gasteiger partial charge in [-0.1, -0.05) is 17.7 Å². The van der Waals surface area contributed by atoms with Gasteiger partial charge in [0.05, 0.1) is 15.8 Å². The van der Waals surface area contributed by atoms with E-state index >= 15 is 0 Å². The van der Waals surface area contributed by atoms with Gasteiger partial charge in [-0.2, -0.15) is 5.10 Å². The maximum Gasteiger partial charge on any atom is 0.116 e. The van der Waals surface area contributed by atoms with Gasteiger partial charge in [0.2, 0.25) is 0 Å². The van der Waals surface area contributed by atoms with Crippen molar-refractivity contribution in [2.45, 2.75) is 18.4 Å². The third-order valence-corrected chi connectivity index (χ3v) is 7.25. The van der Waals surface area contributed by atoms with E-state index in [1.54, 1.807) is 12.1 Å². The number of benzene rings is 2. The summed E-state index contributed by atoms with van der Waals surface area (Å²) < 4.78 is 2.50. The van der Waals surface area contributed by atoms with E-state index in [0.717, 1.165) is 22.3 Å². The summed E-state index contributed by atoms with van der Waals surface area (Å²) in [7, 11) is 0. The van der Waals surface area contributed by atoms with Crippen LogP contribution >= 0.6 is 23.5 Å². The zero-order valence-corrected chi connectivity index (χ0v) is 14.7. The first kappa shape index (κ1) is 15.0. The Labute approximate surface area is 144 Å². The van der Waals surface area contributed by atoms with E-state index in [9.17, 15) is 5.11 Å². The van der Waals surface area contributed by atoms with Crippen molar-refractivity contribution in [1.29, 1.82) is 0 Å². The van der Waals surface area contributed by atoms with Crippen molar-refractivity contribution in [2.24, 2.45) is 0 Å². The van der Waals surface area contributed by atoms with E-state index in [-0.39, 0.29) is 5.75 Å². The van der Waals surface area contributed by atoms with Crippen LogP contribution in [-0.4, -0.2) is 26.4 Å². The lowest BCUT2D eigenvalue weighted by molar-refractivity contribution is 0.476. The van der Waals surface area contributed by atoms with Crippen LogP contribution < -0.4 is 0 Å². The highest BCUT2D eigenvalue weighted by atomic mass is 32.2. The molecule has 2 aromatic carbocycles. The van der Waals surface area contributed by atoms with Gasteiger partial charge in [0.1, 0.15) is 5.75 Å². The van der Waals surface area contributed by atoms with Crippen molar-refractivity contribution in [3.63, 3.8) is 0 Å². The first-order valence-electron chi connectivity index (χ1n) is 7.66. The van der Waals surface area contributed by atoms with E-state index in [2.05, 4.69) is 32.0 Å². The van der Waals surface area contributed by atoms with Gasteiger partial charge in [0.25, 0.3) is 0 Å². The summed E-state index contributed by atoms with van der Waals surface area (Å²) in [6, 6.07) is 12.0. The minimum atomic E-state index is 0.284. The maximum atomic E-state index is 9.75. The average molecular weight is 342 g/mol. The van der Waals surface area contributed by atoms with Crippen LogP contribution in [-0.2, 0) is 0 Å². The quantitative estimate of drug-likeness (QED) is 0.724. The number of aromatic hydroxyl groups is 1. The average Bonchev–Trinajstić information content (AvgIpc) is 3.17. The Morgan fingerprint density at radius 2 is 1.87 bits per heavy atom. The largest absolute Gasteiger partial charge is 0.508 e. The molecule has 0 unspecified atom stereocenters. The zero-order chi connectivity index (χ0) is 16.0. The van der Waals surface area contributed by atoms with Crippen LogP contribution in [0.3, 0.4) is 0 Å². The summed E-state index contributed by atoms with van der Waals surface area (Å²) in [5, 5.41) is 15.5. The molecule has 1 aliphatic rings. The molecule has 1 N–H and O–H groups in total. The molecule has 1 fully saturated rings. The summed E-state index contributed by atoms with van der Waals surface area (Å²) in [5.41, 5.74) is 5.75. The van der Waals surface area contributed by atoms with Crippen LogP contribution in [0.5, 0.6) is 5.75 Å². The highest BCUT2D eigenvalue weighted by Gasteiger charge is 2.23. The van der Waals surface area contributed by atoms with E-state index in [0.29, 0.717) is 4.58 Å².